The third-order valence-electron chi connectivity index (χ3n) is 4.72. The summed E-state index contributed by atoms with van der Waals surface area (Å²) >= 11 is 0. The molecule has 6 nitrogen and oxygen atoms in total. The first-order valence-corrected chi connectivity index (χ1v) is 9.22. The van der Waals surface area contributed by atoms with E-state index in [9.17, 15) is 18.4 Å². The molecule has 150 valence electrons. The Hall–Kier alpha value is -2.74. The number of rotatable bonds is 6. The molecule has 0 unspecified atom stereocenters. The number of carbonyl (C=O) groups is 2. The van der Waals surface area contributed by atoms with Gasteiger partial charge in [-0.1, -0.05) is 6.42 Å². The number of halogens is 2. The van der Waals surface area contributed by atoms with Gasteiger partial charge in [0.05, 0.1) is 30.3 Å². The smallest absolute Gasteiger partial charge is 0.256 e. The van der Waals surface area contributed by atoms with Gasteiger partial charge < -0.3 is 14.6 Å². The molecule has 1 aromatic heterocycles. The zero-order chi connectivity index (χ0) is 20.1. The molecule has 0 aliphatic carbocycles. The number of amides is 2. The summed E-state index contributed by atoms with van der Waals surface area (Å²) in [6.07, 6.45) is 6.15. The molecule has 0 spiro atoms. The van der Waals surface area contributed by atoms with Crippen molar-refractivity contribution < 1.29 is 22.8 Å². The van der Waals surface area contributed by atoms with Crippen LogP contribution in [0.2, 0.25) is 0 Å². The second kappa shape index (κ2) is 8.97. The summed E-state index contributed by atoms with van der Waals surface area (Å²) < 4.78 is 33.3. The van der Waals surface area contributed by atoms with Crippen LogP contribution in [0.3, 0.4) is 0 Å². The van der Waals surface area contributed by atoms with Crippen LogP contribution in [0.25, 0.3) is 0 Å². The number of benzene rings is 1. The van der Waals surface area contributed by atoms with Gasteiger partial charge in [-0.3, -0.25) is 14.5 Å². The van der Waals surface area contributed by atoms with Gasteiger partial charge in [-0.25, -0.2) is 8.78 Å². The zero-order valence-corrected chi connectivity index (χ0v) is 15.7. The van der Waals surface area contributed by atoms with Gasteiger partial charge in [0.1, 0.15) is 11.6 Å². The average molecular weight is 391 g/mol. The van der Waals surface area contributed by atoms with Gasteiger partial charge in [0, 0.05) is 25.2 Å². The van der Waals surface area contributed by atoms with Crippen LogP contribution in [0.15, 0.2) is 35.1 Å². The molecule has 1 N–H and O–H groups in total. The molecule has 0 bridgehead atoms. The number of nitrogens with one attached hydrogen (secondary N) is 1. The first-order chi connectivity index (χ1) is 13.4. The Morgan fingerprint density at radius 3 is 2.61 bits per heavy atom. The lowest BCUT2D eigenvalue weighted by Gasteiger charge is -2.25. The molecule has 1 fully saturated rings. The largest absolute Gasteiger partial charge is 0.472 e. The summed E-state index contributed by atoms with van der Waals surface area (Å²) in [4.78, 5) is 28.1. The summed E-state index contributed by atoms with van der Waals surface area (Å²) in [6.45, 7) is 1.99. The number of likely N-dealkylation sites (tertiary alicyclic amines) is 1. The minimum atomic E-state index is -0.976. The van der Waals surface area contributed by atoms with Crippen molar-refractivity contribution in [3.05, 3.63) is 53.5 Å². The molecule has 0 atom stereocenters. The normalized spacial score (nSPS) is 14.7. The first-order valence-electron chi connectivity index (χ1n) is 9.22. The van der Waals surface area contributed by atoms with Crippen molar-refractivity contribution in [2.24, 2.45) is 0 Å². The van der Waals surface area contributed by atoms with Crippen LogP contribution >= 0.6 is 0 Å². The number of anilines is 1. The fourth-order valence-corrected chi connectivity index (χ4v) is 3.25. The van der Waals surface area contributed by atoms with Gasteiger partial charge in [-0.2, -0.15) is 0 Å². The highest BCUT2D eigenvalue weighted by Gasteiger charge is 2.21. The molecule has 0 saturated carbocycles. The molecular formula is C20H23F2N3O3. The van der Waals surface area contributed by atoms with E-state index < -0.39 is 23.4 Å². The first kappa shape index (κ1) is 20.0. The van der Waals surface area contributed by atoms with E-state index in [2.05, 4.69) is 5.32 Å². The number of furan rings is 1. The van der Waals surface area contributed by atoms with E-state index in [0.29, 0.717) is 6.07 Å². The van der Waals surface area contributed by atoms with Gasteiger partial charge >= 0.3 is 0 Å². The third kappa shape index (κ3) is 4.95. The van der Waals surface area contributed by atoms with Crippen molar-refractivity contribution in [2.75, 3.05) is 32.0 Å². The minimum absolute atomic E-state index is 0.139. The SMILES string of the molecule is CN(Cc1ccoc1)C(=O)c1cc(NC(=O)CN2CCCCC2)c(F)cc1F. The van der Waals surface area contributed by atoms with E-state index in [-0.39, 0.29) is 24.3 Å². The van der Waals surface area contributed by atoms with Crippen molar-refractivity contribution in [1.82, 2.24) is 9.80 Å². The summed E-state index contributed by atoms with van der Waals surface area (Å²) in [5.41, 5.74) is 0.234. The third-order valence-corrected chi connectivity index (χ3v) is 4.72. The summed E-state index contributed by atoms with van der Waals surface area (Å²) in [5, 5.41) is 2.46. The zero-order valence-electron chi connectivity index (χ0n) is 15.7. The standard InChI is InChI=1S/C20H23F2N3O3/c1-24(11-14-5-8-28-13-14)20(27)15-9-18(17(22)10-16(15)21)23-19(26)12-25-6-3-2-4-7-25/h5,8-10,13H,2-4,6-7,11-12H2,1H3,(H,23,26). The quantitative estimate of drug-likeness (QED) is 0.821. The van der Waals surface area contributed by atoms with Crippen LogP contribution in [0.4, 0.5) is 14.5 Å². The Labute approximate surface area is 162 Å². The van der Waals surface area contributed by atoms with Crippen molar-refractivity contribution in [3.63, 3.8) is 0 Å². The maximum atomic E-state index is 14.2. The lowest BCUT2D eigenvalue weighted by atomic mass is 10.1. The topological polar surface area (TPSA) is 65.8 Å². The highest BCUT2D eigenvalue weighted by atomic mass is 19.1. The van der Waals surface area contributed by atoms with Crippen LogP contribution in [-0.4, -0.2) is 48.3 Å². The van der Waals surface area contributed by atoms with Crippen LogP contribution in [0.1, 0.15) is 35.2 Å². The molecular weight excluding hydrogens is 368 g/mol. The summed E-state index contributed by atoms with van der Waals surface area (Å²) in [7, 11) is 1.51. The number of hydrogen-bond acceptors (Lipinski definition) is 4. The van der Waals surface area contributed by atoms with Crippen molar-refractivity contribution in [1.29, 1.82) is 0 Å². The van der Waals surface area contributed by atoms with Crippen LogP contribution < -0.4 is 5.32 Å². The molecule has 2 amide bonds. The Balaban J connectivity index is 1.70. The lowest BCUT2D eigenvalue weighted by Crippen LogP contribution is -2.37. The Kier molecular flexibility index (Phi) is 6.41. The number of carbonyl (C=O) groups excluding carboxylic acids is 2. The monoisotopic (exact) mass is 391 g/mol. The van der Waals surface area contributed by atoms with Crippen molar-refractivity contribution in [3.8, 4) is 0 Å². The van der Waals surface area contributed by atoms with Crippen LogP contribution in [-0.2, 0) is 11.3 Å². The molecule has 2 heterocycles. The minimum Gasteiger partial charge on any atom is -0.472 e. The summed E-state index contributed by atoms with van der Waals surface area (Å²) in [6, 6.07) is 3.36. The molecule has 1 aliphatic heterocycles. The highest BCUT2D eigenvalue weighted by Crippen LogP contribution is 2.22. The molecule has 1 saturated heterocycles. The van der Waals surface area contributed by atoms with Crippen molar-refractivity contribution >= 4 is 17.5 Å². The van der Waals surface area contributed by atoms with E-state index in [1.54, 1.807) is 6.07 Å². The van der Waals surface area contributed by atoms with E-state index in [1.165, 1.54) is 24.5 Å². The molecule has 3 rings (SSSR count). The van der Waals surface area contributed by atoms with E-state index >= 15 is 0 Å². The Morgan fingerprint density at radius 2 is 1.93 bits per heavy atom. The van der Waals surface area contributed by atoms with E-state index in [4.69, 9.17) is 4.42 Å². The maximum Gasteiger partial charge on any atom is 0.256 e. The van der Waals surface area contributed by atoms with Crippen LogP contribution in [0.5, 0.6) is 0 Å². The fraction of sp³-hybridized carbons (Fsp3) is 0.400. The Morgan fingerprint density at radius 1 is 1.18 bits per heavy atom. The van der Waals surface area contributed by atoms with Gasteiger partial charge in [0.2, 0.25) is 5.91 Å². The van der Waals surface area contributed by atoms with Gasteiger partial charge in [0.15, 0.2) is 0 Å². The van der Waals surface area contributed by atoms with Crippen LogP contribution in [0, 0.1) is 11.6 Å². The fourth-order valence-electron chi connectivity index (χ4n) is 3.25. The Bertz CT molecular complexity index is 833. The summed E-state index contributed by atoms with van der Waals surface area (Å²) in [5.74, 6) is -2.91. The molecule has 28 heavy (non-hydrogen) atoms. The number of nitrogens with zero attached hydrogens (tertiary/aromatic N) is 2. The number of hydrogen-bond donors (Lipinski definition) is 1. The maximum absolute atomic E-state index is 14.2. The molecule has 0 radical (unpaired) electrons. The predicted octanol–water partition coefficient (Wildman–Crippen LogP) is 3.25. The molecule has 8 heteroatoms. The van der Waals surface area contributed by atoms with Gasteiger partial charge in [-0.05, 0) is 38.1 Å². The highest BCUT2D eigenvalue weighted by molar-refractivity contribution is 5.97. The van der Waals surface area contributed by atoms with E-state index in [1.807, 2.05) is 4.90 Å². The van der Waals surface area contributed by atoms with Gasteiger partial charge in [-0.15, -0.1) is 0 Å². The molecule has 1 aliphatic rings. The van der Waals surface area contributed by atoms with Gasteiger partial charge in [0.25, 0.3) is 5.91 Å². The second-order valence-electron chi connectivity index (χ2n) is 6.99. The lowest BCUT2D eigenvalue weighted by molar-refractivity contribution is -0.117. The molecule has 2 aromatic rings. The predicted molar refractivity (Wildman–Crippen MR) is 99.8 cm³/mol. The van der Waals surface area contributed by atoms with Crippen molar-refractivity contribution in [2.45, 2.75) is 25.8 Å². The van der Waals surface area contributed by atoms with E-state index in [0.717, 1.165) is 44.0 Å². The average Bonchev–Trinajstić information content (AvgIpc) is 3.17. The number of piperidine rings is 1. The molecule has 1 aromatic carbocycles. The second-order valence-corrected chi connectivity index (χ2v) is 6.99.